The largest absolute Gasteiger partial charge is 0.507 e. The second kappa shape index (κ2) is 6.02. The maximum Gasteiger partial charge on any atom is 0.256 e. The van der Waals surface area contributed by atoms with Gasteiger partial charge in [0.25, 0.3) is 5.91 Å². The summed E-state index contributed by atoms with van der Waals surface area (Å²) in [6, 6.07) is 4.59. The average molecular weight is 399 g/mol. The van der Waals surface area contributed by atoms with Crippen molar-refractivity contribution in [2.75, 3.05) is 6.61 Å². The summed E-state index contributed by atoms with van der Waals surface area (Å²) in [4.78, 5) is 49.1. The van der Waals surface area contributed by atoms with Crippen LogP contribution in [0.25, 0.3) is 0 Å². The molecule has 3 atom stereocenters. The minimum atomic E-state index is -1.33. The third kappa shape index (κ3) is 2.37. The molecule has 2 bridgehead atoms. The van der Waals surface area contributed by atoms with E-state index in [0.29, 0.717) is 5.56 Å². The van der Waals surface area contributed by atoms with Crippen LogP contribution in [0.5, 0.6) is 5.75 Å². The zero-order valence-corrected chi connectivity index (χ0v) is 15.3. The Balaban J connectivity index is 1.79. The highest BCUT2D eigenvalue weighted by Gasteiger charge is 2.57. The molecular formula is C20H17NO8. The highest BCUT2D eigenvalue weighted by Crippen LogP contribution is 2.54. The van der Waals surface area contributed by atoms with Gasteiger partial charge in [-0.2, -0.15) is 0 Å². The molecule has 1 aliphatic heterocycles. The number of allylic oxidation sites excluding steroid dienone is 2. The number of carbonyl (C=O) groups is 4. The van der Waals surface area contributed by atoms with Crippen LogP contribution in [0.4, 0.5) is 0 Å². The van der Waals surface area contributed by atoms with Crippen molar-refractivity contribution in [1.82, 2.24) is 0 Å². The molecule has 9 nitrogen and oxygen atoms in total. The fourth-order valence-electron chi connectivity index (χ4n) is 4.51. The van der Waals surface area contributed by atoms with E-state index in [1.54, 1.807) is 19.1 Å². The number of carbonyl (C=O) groups excluding carboxylic acids is 4. The molecule has 0 aromatic heterocycles. The van der Waals surface area contributed by atoms with E-state index in [1.165, 1.54) is 6.07 Å². The quantitative estimate of drug-likeness (QED) is 0.426. The molecule has 5 N–H and O–H groups in total. The molecule has 1 aromatic carbocycles. The number of phenolic OH excluding ortho intramolecular Hbond substituents is 1. The number of hydrogen-bond donors (Lipinski definition) is 4. The fraction of sp³-hybridized carbons (Fsp3) is 0.300. The molecule has 4 rings (SSSR count). The van der Waals surface area contributed by atoms with E-state index in [1.807, 2.05) is 0 Å². The lowest BCUT2D eigenvalue weighted by molar-refractivity contribution is -0.124. The Labute approximate surface area is 164 Å². The SMILES string of the molecule is C[C@@]12OC[C@@H](C(=O)c3c(O)cccc31)[C@@H]2CC1=C(O)C(=O)C(C(N)=O)=C(O)C1=O. The number of phenols is 1. The number of Topliss-reactive ketones (excluding diaryl/α,β-unsaturated/α-hetero) is 3. The third-order valence-corrected chi connectivity index (χ3v) is 6.04. The van der Waals surface area contributed by atoms with E-state index < -0.39 is 57.6 Å². The molecule has 2 aliphatic carbocycles. The number of ketones is 3. The monoisotopic (exact) mass is 399 g/mol. The van der Waals surface area contributed by atoms with Crippen molar-refractivity contribution in [3.63, 3.8) is 0 Å². The molecule has 29 heavy (non-hydrogen) atoms. The predicted octanol–water partition coefficient (Wildman–Crippen LogP) is 0.718. The van der Waals surface area contributed by atoms with Gasteiger partial charge in [-0.3, -0.25) is 19.2 Å². The van der Waals surface area contributed by atoms with Crippen molar-refractivity contribution in [1.29, 1.82) is 0 Å². The summed E-state index contributed by atoms with van der Waals surface area (Å²) in [6.07, 6.45) is -0.255. The van der Waals surface area contributed by atoms with Crippen LogP contribution >= 0.6 is 0 Å². The van der Waals surface area contributed by atoms with E-state index in [2.05, 4.69) is 0 Å². The summed E-state index contributed by atoms with van der Waals surface area (Å²) in [7, 11) is 0. The molecule has 0 saturated carbocycles. The number of ether oxygens (including phenoxy) is 1. The van der Waals surface area contributed by atoms with Crippen molar-refractivity contribution in [2.45, 2.75) is 18.9 Å². The topological polar surface area (TPSA) is 164 Å². The first-order chi connectivity index (χ1) is 13.6. The van der Waals surface area contributed by atoms with Gasteiger partial charge in [-0.25, -0.2) is 0 Å². The molecule has 1 amide bonds. The second-order valence-corrected chi connectivity index (χ2v) is 7.47. The van der Waals surface area contributed by atoms with Crippen LogP contribution < -0.4 is 5.73 Å². The summed E-state index contributed by atoms with van der Waals surface area (Å²) in [6.45, 7) is 1.72. The summed E-state index contributed by atoms with van der Waals surface area (Å²) in [5.74, 6) is -7.73. The molecule has 1 saturated heterocycles. The molecule has 1 heterocycles. The number of hydrogen-bond acceptors (Lipinski definition) is 8. The first-order valence-corrected chi connectivity index (χ1v) is 8.84. The van der Waals surface area contributed by atoms with Gasteiger partial charge >= 0.3 is 0 Å². The minimum Gasteiger partial charge on any atom is -0.507 e. The fourth-order valence-corrected chi connectivity index (χ4v) is 4.51. The number of primary amides is 1. The molecular weight excluding hydrogens is 382 g/mol. The molecule has 1 aromatic rings. The number of amides is 1. The lowest BCUT2D eigenvalue weighted by Gasteiger charge is -2.38. The Bertz CT molecular complexity index is 1080. The number of aliphatic hydroxyl groups is 2. The van der Waals surface area contributed by atoms with Gasteiger partial charge in [0.05, 0.1) is 23.7 Å². The summed E-state index contributed by atoms with van der Waals surface area (Å²) in [5.41, 5.74) is 3.13. The van der Waals surface area contributed by atoms with Gasteiger partial charge in [-0.1, -0.05) is 12.1 Å². The van der Waals surface area contributed by atoms with Gasteiger partial charge in [0.2, 0.25) is 11.6 Å². The van der Waals surface area contributed by atoms with Crippen LogP contribution in [0, 0.1) is 11.8 Å². The van der Waals surface area contributed by atoms with Gasteiger partial charge in [-0.05, 0) is 25.0 Å². The molecule has 0 spiro atoms. The Kier molecular flexibility index (Phi) is 3.92. The van der Waals surface area contributed by atoms with Gasteiger partial charge in [0.1, 0.15) is 11.3 Å². The van der Waals surface area contributed by atoms with Crippen LogP contribution in [-0.2, 0) is 24.7 Å². The minimum absolute atomic E-state index is 0.0264. The Hall–Kier alpha value is -3.46. The van der Waals surface area contributed by atoms with Crippen LogP contribution in [0.1, 0.15) is 29.3 Å². The maximum atomic E-state index is 12.9. The van der Waals surface area contributed by atoms with Gasteiger partial charge in [0.15, 0.2) is 17.3 Å². The Morgan fingerprint density at radius 3 is 2.52 bits per heavy atom. The van der Waals surface area contributed by atoms with E-state index in [9.17, 15) is 34.5 Å². The molecule has 1 fully saturated rings. The summed E-state index contributed by atoms with van der Waals surface area (Å²) in [5, 5.41) is 30.4. The highest BCUT2D eigenvalue weighted by molar-refractivity contribution is 6.33. The second-order valence-electron chi connectivity index (χ2n) is 7.47. The standard InChI is InChI=1S/C20H17NO8/c1-20-9-3-2-4-11(22)12(9)14(23)8(6-29-20)10(20)5-7-15(24)17(26)13(19(21)28)18(27)16(7)25/h2-4,8,10,22,24,27H,5-6H2,1H3,(H2,21,28)/t8-,10+,20-/m1/s1. The van der Waals surface area contributed by atoms with Crippen LogP contribution in [-0.4, -0.2) is 45.2 Å². The lowest BCUT2D eigenvalue weighted by atomic mass is 9.65. The van der Waals surface area contributed by atoms with Gasteiger partial charge < -0.3 is 25.8 Å². The van der Waals surface area contributed by atoms with Gasteiger partial charge in [0, 0.05) is 11.5 Å². The number of aliphatic hydroxyl groups excluding tert-OH is 2. The third-order valence-electron chi connectivity index (χ3n) is 6.04. The molecule has 9 heteroatoms. The Morgan fingerprint density at radius 1 is 1.17 bits per heavy atom. The smallest absolute Gasteiger partial charge is 0.256 e. The molecule has 3 aliphatic rings. The number of fused-ring (bicyclic) bond motifs is 4. The molecule has 0 unspecified atom stereocenters. The van der Waals surface area contributed by atoms with E-state index in [0.717, 1.165) is 0 Å². The molecule has 150 valence electrons. The van der Waals surface area contributed by atoms with E-state index >= 15 is 0 Å². The van der Waals surface area contributed by atoms with E-state index in [4.69, 9.17) is 10.5 Å². The number of benzene rings is 1. The lowest BCUT2D eigenvalue weighted by Crippen LogP contribution is -2.41. The van der Waals surface area contributed by atoms with Crippen LogP contribution in [0.3, 0.4) is 0 Å². The predicted molar refractivity (Wildman–Crippen MR) is 95.9 cm³/mol. The van der Waals surface area contributed by atoms with Crippen LogP contribution in [0.2, 0.25) is 0 Å². The summed E-state index contributed by atoms with van der Waals surface area (Å²) < 4.78 is 5.87. The van der Waals surface area contributed by atoms with Crippen molar-refractivity contribution in [2.24, 2.45) is 17.6 Å². The van der Waals surface area contributed by atoms with Crippen LogP contribution in [0.15, 0.2) is 40.9 Å². The number of nitrogens with two attached hydrogens (primary N) is 1. The number of aromatic hydroxyl groups is 1. The Morgan fingerprint density at radius 2 is 1.86 bits per heavy atom. The van der Waals surface area contributed by atoms with Gasteiger partial charge in [-0.15, -0.1) is 0 Å². The first kappa shape index (κ1) is 18.9. The average Bonchev–Trinajstić information content (AvgIpc) is 2.94. The van der Waals surface area contributed by atoms with Crippen molar-refractivity contribution in [3.8, 4) is 5.75 Å². The maximum absolute atomic E-state index is 12.9. The normalized spacial score (nSPS) is 28.8. The first-order valence-electron chi connectivity index (χ1n) is 8.84. The van der Waals surface area contributed by atoms with E-state index in [-0.39, 0.29) is 30.1 Å². The molecule has 0 radical (unpaired) electrons. The zero-order valence-electron chi connectivity index (χ0n) is 15.3. The van der Waals surface area contributed by atoms with Crippen molar-refractivity contribution in [3.05, 3.63) is 52.0 Å². The number of rotatable bonds is 3. The highest BCUT2D eigenvalue weighted by atomic mass is 16.5. The van der Waals surface area contributed by atoms with Crippen molar-refractivity contribution < 1.29 is 39.2 Å². The van der Waals surface area contributed by atoms with Crippen molar-refractivity contribution >= 4 is 23.3 Å². The summed E-state index contributed by atoms with van der Waals surface area (Å²) >= 11 is 0. The zero-order chi connectivity index (χ0) is 21.2.